The van der Waals surface area contributed by atoms with Gasteiger partial charge in [-0.1, -0.05) is 28.9 Å². The van der Waals surface area contributed by atoms with Crippen molar-refractivity contribution in [1.29, 1.82) is 0 Å². The fraction of sp³-hybridized carbons (Fsp3) is 0.294. The smallest absolute Gasteiger partial charge is 0.161 e. The van der Waals surface area contributed by atoms with Crippen LogP contribution in [0, 0.1) is 0 Å². The Hall–Kier alpha value is -1.68. The molecule has 0 saturated carbocycles. The Bertz CT molecular complexity index is 567. The Balaban J connectivity index is 1.84. The first-order valence-corrected chi connectivity index (χ1v) is 7.70. The van der Waals surface area contributed by atoms with E-state index in [0.717, 1.165) is 28.1 Å². The molecule has 0 aromatic heterocycles. The lowest BCUT2D eigenvalue weighted by molar-refractivity contribution is 0.211. The number of rotatable bonds is 7. The Morgan fingerprint density at radius 3 is 2.29 bits per heavy atom. The predicted octanol–water partition coefficient (Wildman–Crippen LogP) is 4.48. The number of benzene rings is 2. The van der Waals surface area contributed by atoms with E-state index in [1.165, 1.54) is 5.56 Å². The molecular weight excluding hydrogens is 332 g/mol. The molecule has 0 heterocycles. The van der Waals surface area contributed by atoms with Crippen LogP contribution in [0.15, 0.2) is 46.9 Å². The lowest BCUT2D eigenvalue weighted by Gasteiger charge is -2.12. The molecule has 0 amide bonds. The van der Waals surface area contributed by atoms with Crippen LogP contribution in [-0.2, 0) is 6.42 Å². The highest BCUT2D eigenvalue weighted by Crippen LogP contribution is 2.28. The van der Waals surface area contributed by atoms with Gasteiger partial charge in [-0.2, -0.15) is 0 Å². The van der Waals surface area contributed by atoms with Crippen LogP contribution in [0.2, 0.25) is 0 Å². The number of ether oxygens (including phenoxy) is 3. The van der Waals surface area contributed by atoms with E-state index in [4.69, 9.17) is 14.2 Å². The quantitative estimate of drug-likeness (QED) is 0.689. The van der Waals surface area contributed by atoms with Crippen LogP contribution in [0.1, 0.15) is 12.5 Å². The van der Waals surface area contributed by atoms with Gasteiger partial charge in [0.15, 0.2) is 11.5 Å². The Morgan fingerprint density at radius 2 is 1.62 bits per heavy atom. The molecule has 0 spiro atoms. The summed E-state index contributed by atoms with van der Waals surface area (Å²) in [6, 6.07) is 13.7. The maximum Gasteiger partial charge on any atom is 0.161 e. The average Bonchev–Trinajstić information content (AvgIpc) is 2.53. The molecule has 4 heteroatoms. The van der Waals surface area contributed by atoms with Crippen LogP contribution >= 0.6 is 15.9 Å². The molecule has 0 fully saturated rings. The van der Waals surface area contributed by atoms with Gasteiger partial charge >= 0.3 is 0 Å². The number of hydrogen-bond acceptors (Lipinski definition) is 3. The van der Waals surface area contributed by atoms with Crippen LogP contribution in [0.25, 0.3) is 0 Å². The molecule has 0 aliphatic carbocycles. The van der Waals surface area contributed by atoms with Crippen LogP contribution in [0.4, 0.5) is 0 Å². The lowest BCUT2D eigenvalue weighted by Crippen LogP contribution is -2.09. The second kappa shape index (κ2) is 7.93. The second-order valence-electron chi connectivity index (χ2n) is 4.49. The van der Waals surface area contributed by atoms with Crippen LogP contribution < -0.4 is 14.2 Å². The first kappa shape index (κ1) is 15.7. The van der Waals surface area contributed by atoms with Gasteiger partial charge < -0.3 is 14.2 Å². The Labute approximate surface area is 134 Å². The monoisotopic (exact) mass is 350 g/mol. The Morgan fingerprint density at radius 1 is 0.905 bits per heavy atom. The van der Waals surface area contributed by atoms with Gasteiger partial charge in [-0.25, -0.2) is 0 Å². The molecule has 2 rings (SSSR count). The van der Waals surface area contributed by atoms with E-state index in [0.29, 0.717) is 13.2 Å². The van der Waals surface area contributed by atoms with Gasteiger partial charge in [-0.15, -0.1) is 0 Å². The summed E-state index contributed by atoms with van der Waals surface area (Å²) in [5.41, 5.74) is 1.23. The van der Waals surface area contributed by atoms with E-state index in [1.807, 2.05) is 42.5 Å². The average molecular weight is 351 g/mol. The molecule has 2 aromatic rings. The van der Waals surface area contributed by atoms with Gasteiger partial charge in [0.1, 0.15) is 19.0 Å². The van der Waals surface area contributed by atoms with Gasteiger partial charge in [0.2, 0.25) is 0 Å². The van der Waals surface area contributed by atoms with Crippen LogP contribution in [0.3, 0.4) is 0 Å². The maximum atomic E-state index is 5.71. The third-order valence-electron chi connectivity index (χ3n) is 3.06. The summed E-state index contributed by atoms with van der Waals surface area (Å²) in [4.78, 5) is 0. The molecule has 2 aromatic carbocycles. The third-order valence-corrected chi connectivity index (χ3v) is 3.59. The van der Waals surface area contributed by atoms with E-state index in [-0.39, 0.29) is 0 Å². The minimum atomic E-state index is 0.470. The predicted molar refractivity (Wildman–Crippen MR) is 87.5 cm³/mol. The highest BCUT2D eigenvalue weighted by atomic mass is 79.9. The molecule has 3 nitrogen and oxygen atoms in total. The largest absolute Gasteiger partial charge is 0.493 e. The topological polar surface area (TPSA) is 27.7 Å². The second-order valence-corrected chi connectivity index (χ2v) is 5.41. The zero-order chi connectivity index (χ0) is 15.1. The van der Waals surface area contributed by atoms with E-state index in [2.05, 4.69) is 22.9 Å². The van der Waals surface area contributed by atoms with E-state index in [9.17, 15) is 0 Å². The highest BCUT2D eigenvalue weighted by molar-refractivity contribution is 9.10. The third kappa shape index (κ3) is 4.67. The first-order valence-electron chi connectivity index (χ1n) is 6.91. The first-order chi connectivity index (χ1) is 10.2. The molecule has 0 aliphatic heterocycles. The van der Waals surface area contributed by atoms with Crippen molar-refractivity contribution < 1.29 is 14.2 Å². The van der Waals surface area contributed by atoms with E-state index < -0.39 is 0 Å². The normalized spacial score (nSPS) is 10.2. The minimum absolute atomic E-state index is 0.470. The Kier molecular flexibility index (Phi) is 5.93. The van der Waals surface area contributed by atoms with Crippen molar-refractivity contribution in [2.24, 2.45) is 0 Å². The molecule has 0 saturated heterocycles. The lowest BCUT2D eigenvalue weighted by atomic mass is 10.1. The summed E-state index contributed by atoms with van der Waals surface area (Å²) < 4.78 is 17.7. The summed E-state index contributed by atoms with van der Waals surface area (Å²) in [7, 11) is 1.65. The van der Waals surface area contributed by atoms with Crippen LogP contribution in [-0.4, -0.2) is 20.3 Å². The van der Waals surface area contributed by atoms with E-state index in [1.54, 1.807) is 7.11 Å². The minimum Gasteiger partial charge on any atom is -0.493 e. The SMILES string of the molecule is CCc1ccc(OCCOc2ccc(Br)cc2)c(OC)c1. The molecule has 0 bridgehead atoms. The molecule has 21 heavy (non-hydrogen) atoms. The molecular formula is C17H19BrO3. The van der Waals surface area contributed by atoms with Gasteiger partial charge in [0.05, 0.1) is 7.11 Å². The number of methoxy groups -OCH3 is 1. The number of halogens is 1. The highest BCUT2D eigenvalue weighted by Gasteiger charge is 2.05. The van der Waals surface area contributed by atoms with Crippen molar-refractivity contribution in [3.63, 3.8) is 0 Å². The molecule has 0 atom stereocenters. The van der Waals surface area contributed by atoms with Crippen molar-refractivity contribution in [2.75, 3.05) is 20.3 Å². The van der Waals surface area contributed by atoms with Crippen LogP contribution in [0.5, 0.6) is 17.2 Å². The number of hydrogen-bond donors (Lipinski definition) is 0. The standard InChI is InChI=1S/C17H19BrO3/c1-3-13-4-9-16(17(12-13)19-2)21-11-10-20-15-7-5-14(18)6-8-15/h4-9,12H,3,10-11H2,1-2H3. The van der Waals surface area contributed by atoms with Gasteiger partial charge in [-0.3, -0.25) is 0 Å². The zero-order valence-corrected chi connectivity index (χ0v) is 13.9. The number of aryl methyl sites for hydroxylation is 1. The molecule has 0 aliphatic rings. The fourth-order valence-corrected chi connectivity index (χ4v) is 2.16. The van der Waals surface area contributed by atoms with Gasteiger partial charge in [0, 0.05) is 4.47 Å². The molecule has 0 N–H and O–H groups in total. The summed E-state index contributed by atoms with van der Waals surface area (Å²) >= 11 is 3.39. The van der Waals surface area contributed by atoms with Gasteiger partial charge in [0.25, 0.3) is 0 Å². The molecule has 0 unspecified atom stereocenters. The van der Waals surface area contributed by atoms with Crippen molar-refractivity contribution in [3.05, 3.63) is 52.5 Å². The van der Waals surface area contributed by atoms with Crippen molar-refractivity contribution in [2.45, 2.75) is 13.3 Å². The maximum absolute atomic E-state index is 5.71. The molecule has 0 radical (unpaired) electrons. The van der Waals surface area contributed by atoms with Crippen molar-refractivity contribution in [1.82, 2.24) is 0 Å². The summed E-state index contributed by atoms with van der Waals surface area (Å²) in [6.07, 6.45) is 0.976. The summed E-state index contributed by atoms with van der Waals surface area (Å²) in [6.45, 7) is 3.07. The van der Waals surface area contributed by atoms with Crippen molar-refractivity contribution in [3.8, 4) is 17.2 Å². The zero-order valence-electron chi connectivity index (χ0n) is 12.3. The summed E-state index contributed by atoms with van der Waals surface area (Å²) in [5.74, 6) is 2.34. The van der Waals surface area contributed by atoms with Gasteiger partial charge in [-0.05, 0) is 48.4 Å². The molecule has 112 valence electrons. The van der Waals surface area contributed by atoms with E-state index >= 15 is 0 Å². The summed E-state index contributed by atoms with van der Waals surface area (Å²) in [5, 5.41) is 0. The fourth-order valence-electron chi connectivity index (χ4n) is 1.89. The van der Waals surface area contributed by atoms with Crippen molar-refractivity contribution >= 4 is 15.9 Å².